The van der Waals surface area contributed by atoms with E-state index in [4.69, 9.17) is 14.2 Å². The van der Waals surface area contributed by atoms with E-state index >= 15 is 0 Å². The molecule has 27 heavy (non-hydrogen) atoms. The summed E-state index contributed by atoms with van der Waals surface area (Å²) in [6.07, 6.45) is 0. The Morgan fingerprint density at radius 2 is 1.96 bits per heavy atom. The van der Waals surface area contributed by atoms with Crippen LogP contribution in [0, 0.1) is 0 Å². The van der Waals surface area contributed by atoms with Crippen LogP contribution in [0.15, 0.2) is 34.8 Å². The van der Waals surface area contributed by atoms with Crippen LogP contribution in [-0.4, -0.2) is 36.8 Å². The number of fused-ring (bicyclic) bond motifs is 5. The average molecular weight is 429 g/mol. The lowest BCUT2D eigenvalue weighted by Crippen LogP contribution is -2.08. The van der Waals surface area contributed by atoms with Crippen LogP contribution in [-0.2, 0) is 4.74 Å². The Labute approximate surface area is 163 Å². The van der Waals surface area contributed by atoms with Gasteiger partial charge in [-0.05, 0) is 19.1 Å². The number of pyridine rings is 1. The summed E-state index contributed by atoms with van der Waals surface area (Å²) < 4.78 is 17.1. The van der Waals surface area contributed by atoms with Crippen LogP contribution in [0.1, 0.15) is 17.4 Å². The zero-order valence-electron chi connectivity index (χ0n) is 15.1. The summed E-state index contributed by atoms with van der Waals surface area (Å²) in [6, 6.07) is 9.50. The second-order valence-corrected chi connectivity index (χ2v) is 6.89. The lowest BCUT2D eigenvalue weighted by atomic mass is 10.1. The van der Waals surface area contributed by atoms with Gasteiger partial charge in [0.15, 0.2) is 5.69 Å². The smallest absolute Gasteiger partial charge is 0.359 e. The summed E-state index contributed by atoms with van der Waals surface area (Å²) in [5, 5.41) is 2.65. The summed E-state index contributed by atoms with van der Waals surface area (Å²) in [7, 11) is 3.21. The number of esters is 1. The van der Waals surface area contributed by atoms with E-state index in [-0.39, 0.29) is 12.3 Å². The monoisotopic (exact) mass is 428 g/mol. The minimum absolute atomic E-state index is 0.245. The number of benzene rings is 2. The molecule has 0 saturated carbocycles. The van der Waals surface area contributed by atoms with Gasteiger partial charge in [0, 0.05) is 27.4 Å². The summed E-state index contributed by atoms with van der Waals surface area (Å²) in [5.74, 6) is 0.839. The highest BCUT2D eigenvalue weighted by Crippen LogP contribution is 2.40. The van der Waals surface area contributed by atoms with Gasteiger partial charge >= 0.3 is 5.97 Å². The molecule has 4 aromatic rings. The van der Waals surface area contributed by atoms with Gasteiger partial charge in [-0.3, -0.25) is 0 Å². The molecule has 0 radical (unpaired) electrons. The zero-order chi connectivity index (χ0) is 19.1. The summed E-state index contributed by atoms with van der Waals surface area (Å²) in [5.41, 5.74) is 2.35. The Bertz CT molecular complexity index is 1200. The van der Waals surface area contributed by atoms with Crippen LogP contribution in [0.4, 0.5) is 0 Å². The van der Waals surface area contributed by atoms with E-state index < -0.39 is 5.97 Å². The molecule has 138 valence electrons. The van der Waals surface area contributed by atoms with E-state index in [0.717, 1.165) is 26.1 Å². The van der Waals surface area contributed by atoms with Gasteiger partial charge in [-0.15, -0.1) is 0 Å². The number of rotatable bonds is 4. The largest absolute Gasteiger partial charge is 0.497 e. The second-order valence-electron chi connectivity index (χ2n) is 5.97. The van der Waals surface area contributed by atoms with Crippen molar-refractivity contribution in [3.8, 4) is 11.5 Å². The first-order chi connectivity index (χ1) is 13.1. The minimum Gasteiger partial charge on any atom is -0.497 e. The quantitative estimate of drug-likeness (QED) is 0.471. The molecule has 0 bridgehead atoms. The van der Waals surface area contributed by atoms with Crippen LogP contribution in [0.2, 0.25) is 0 Å². The number of aromatic amines is 1. The van der Waals surface area contributed by atoms with Gasteiger partial charge in [0.1, 0.15) is 11.5 Å². The van der Waals surface area contributed by atoms with Crippen molar-refractivity contribution < 1.29 is 19.0 Å². The fraction of sp³-hybridized carbons (Fsp3) is 0.200. The van der Waals surface area contributed by atoms with Crippen molar-refractivity contribution in [3.63, 3.8) is 0 Å². The van der Waals surface area contributed by atoms with Crippen molar-refractivity contribution in [1.82, 2.24) is 9.97 Å². The first-order valence-electron chi connectivity index (χ1n) is 8.41. The number of carbonyl (C=O) groups excluding carboxylic acids is 1. The highest BCUT2D eigenvalue weighted by molar-refractivity contribution is 9.10. The minimum atomic E-state index is -0.470. The molecule has 2 aromatic heterocycles. The first kappa shape index (κ1) is 17.6. The SMILES string of the molecule is CCOC(=O)c1nc2cc(Br)ccc2c2c1[nH]c1cc(OC)cc(OC)c12. The van der Waals surface area contributed by atoms with Gasteiger partial charge in [-0.1, -0.05) is 22.0 Å². The third kappa shape index (κ3) is 2.78. The molecule has 7 heteroatoms. The molecule has 0 saturated heterocycles. The molecule has 2 heterocycles. The van der Waals surface area contributed by atoms with Crippen LogP contribution in [0.25, 0.3) is 32.7 Å². The standard InChI is InChI=1S/C20H17BrN2O4/c1-4-27-20(24)19-18-16(12-6-5-10(21)7-13(12)22-19)17-14(23-18)8-11(25-2)9-15(17)26-3/h5-9,23H,4H2,1-3H3. The van der Waals surface area contributed by atoms with Crippen LogP contribution < -0.4 is 9.47 Å². The van der Waals surface area contributed by atoms with E-state index in [1.165, 1.54) is 0 Å². The van der Waals surface area contributed by atoms with Crippen LogP contribution in [0.5, 0.6) is 11.5 Å². The molecule has 0 aliphatic rings. The Morgan fingerprint density at radius 1 is 1.15 bits per heavy atom. The molecule has 0 aliphatic carbocycles. The molecule has 0 fully saturated rings. The van der Waals surface area contributed by atoms with Crippen molar-refractivity contribution in [2.45, 2.75) is 6.92 Å². The van der Waals surface area contributed by atoms with E-state index in [0.29, 0.717) is 22.5 Å². The number of hydrogen-bond donors (Lipinski definition) is 1. The number of carbonyl (C=O) groups is 1. The van der Waals surface area contributed by atoms with Gasteiger partial charge in [0.2, 0.25) is 0 Å². The number of halogens is 1. The van der Waals surface area contributed by atoms with Gasteiger partial charge in [-0.25, -0.2) is 9.78 Å². The van der Waals surface area contributed by atoms with Gasteiger partial charge in [0.05, 0.1) is 42.8 Å². The summed E-state index contributed by atoms with van der Waals surface area (Å²) >= 11 is 3.47. The van der Waals surface area contributed by atoms with Crippen molar-refractivity contribution >= 4 is 54.6 Å². The number of aromatic nitrogens is 2. The first-order valence-corrected chi connectivity index (χ1v) is 9.20. The molecule has 0 spiro atoms. The topological polar surface area (TPSA) is 73.4 Å². The molecule has 0 atom stereocenters. The summed E-state index contributed by atoms with van der Waals surface area (Å²) in [6.45, 7) is 2.04. The van der Waals surface area contributed by atoms with Gasteiger partial charge in [-0.2, -0.15) is 0 Å². The van der Waals surface area contributed by atoms with Crippen molar-refractivity contribution in [2.24, 2.45) is 0 Å². The fourth-order valence-corrected chi connectivity index (χ4v) is 3.68. The van der Waals surface area contributed by atoms with Crippen molar-refractivity contribution in [2.75, 3.05) is 20.8 Å². The molecule has 2 aromatic carbocycles. The second kappa shape index (κ2) is 6.74. The molecule has 0 amide bonds. The Hall–Kier alpha value is -2.80. The number of hydrogen-bond acceptors (Lipinski definition) is 5. The molecule has 0 aliphatic heterocycles. The molecular formula is C20H17BrN2O4. The molecular weight excluding hydrogens is 412 g/mol. The maximum absolute atomic E-state index is 12.6. The molecule has 6 nitrogen and oxygen atoms in total. The third-order valence-corrected chi connectivity index (χ3v) is 4.95. The van der Waals surface area contributed by atoms with E-state index in [2.05, 4.69) is 25.9 Å². The highest BCUT2D eigenvalue weighted by atomic mass is 79.9. The number of ether oxygens (including phenoxy) is 3. The Morgan fingerprint density at radius 3 is 2.67 bits per heavy atom. The molecule has 0 unspecified atom stereocenters. The lowest BCUT2D eigenvalue weighted by Gasteiger charge is -2.08. The van der Waals surface area contributed by atoms with E-state index in [1.807, 2.05) is 30.3 Å². The predicted octanol–water partition coefficient (Wildman–Crippen LogP) is 4.83. The van der Waals surface area contributed by atoms with Crippen LogP contribution >= 0.6 is 15.9 Å². The van der Waals surface area contributed by atoms with Gasteiger partial charge < -0.3 is 19.2 Å². The number of H-pyrrole nitrogens is 1. The normalized spacial score (nSPS) is 11.3. The maximum atomic E-state index is 12.6. The van der Waals surface area contributed by atoms with Crippen molar-refractivity contribution in [1.29, 1.82) is 0 Å². The lowest BCUT2D eigenvalue weighted by molar-refractivity contribution is 0.0522. The van der Waals surface area contributed by atoms with E-state index in [9.17, 15) is 4.79 Å². The zero-order valence-corrected chi connectivity index (χ0v) is 16.6. The predicted molar refractivity (Wildman–Crippen MR) is 108 cm³/mol. The highest BCUT2D eigenvalue weighted by Gasteiger charge is 2.22. The number of methoxy groups -OCH3 is 2. The number of nitrogens with zero attached hydrogens (tertiary/aromatic N) is 1. The average Bonchev–Trinajstić information content (AvgIpc) is 3.05. The Balaban J connectivity index is 2.22. The fourth-order valence-electron chi connectivity index (χ4n) is 3.33. The maximum Gasteiger partial charge on any atom is 0.359 e. The van der Waals surface area contributed by atoms with Crippen molar-refractivity contribution in [3.05, 3.63) is 40.5 Å². The Kier molecular flexibility index (Phi) is 4.39. The number of nitrogens with one attached hydrogen (secondary N) is 1. The molecule has 1 N–H and O–H groups in total. The van der Waals surface area contributed by atoms with Gasteiger partial charge in [0.25, 0.3) is 0 Å². The molecule has 4 rings (SSSR count). The van der Waals surface area contributed by atoms with Crippen LogP contribution in [0.3, 0.4) is 0 Å². The third-order valence-electron chi connectivity index (χ3n) is 4.46. The van der Waals surface area contributed by atoms with E-state index in [1.54, 1.807) is 21.1 Å². The summed E-state index contributed by atoms with van der Waals surface area (Å²) in [4.78, 5) is 20.4.